The molecule has 5 nitrogen and oxygen atoms in total. The third-order valence-corrected chi connectivity index (χ3v) is 4.16. The summed E-state index contributed by atoms with van der Waals surface area (Å²) >= 11 is 0. The van der Waals surface area contributed by atoms with Crippen LogP contribution in [-0.4, -0.2) is 22.6 Å². The number of hydrogen-bond donors (Lipinski definition) is 2. The van der Waals surface area contributed by atoms with Gasteiger partial charge in [0.15, 0.2) is 0 Å². The van der Waals surface area contributed by atoms with Gasteiger partial charge in [-0.15, -0.1) is 10.2 Å². The molecule has 2 aromatic carbocycles. The molecular weight excluding hydrogens is 331 g/mol. The molecule has 0 bridgehead atoms. The Kier molecular flexibility index (Phi) is 5.22. The number of halogens is 1. The zero-order chi connectivity index (χ0) is 18.5. The first kappa shape index (κ1) is 17.5. The van der Waals surface area contributed by atoms with E-state index in [1.165, 1.54) is 12.1 Å². The van der Waals surface area contributed by atoms with E-state index in [4.69, 9.17) is 5.73 Å². The molecule has 1 amide bonds. The molecule has 0 aliphatic rings. The van der Waals surface area contributed by atoms with Crippen molar-refractivity contribution in [1.82, 2.24) is 10.2 Å². The molecule has 26 heavy (non-hydrogen) atoms. The number of anilines is 1. The number of amides is 1. The average molecular weight is 350 g/mol. The Morgan fingerprint density at radius 1 is 1.08 bits per heavy atom. The van der Waals surface area contributed by atoms with Crippen LogP contribution in [0.25, 0.3) is 11.3 Å². The highest BCUT2D eigenvalue weighted by atomic mass is 19.1. The van der Waals surface area contributed by atoms with Crippen molar-refractivity contribution in [3.8, 4) is 11.3 Å². The lowest BCUT2D eigenvalue weighted by molar-refractivity contribution is 0.100. The minimum absolute atomic E-state index is 0.188. The number of carbonyl (C=O) groups is 1. The van der Waals surface area contributed by atoms with Gasteiger partial charge in [-0.05, 0) is 41.8 Å². The van der Waals surface area contributed by atoms with E-state index in [0.29, 0.717) is 29.2 Å². The minimum Gasteiger partial charge on any atom is -0.368 e. The molecule has 0 spiro atoms. The Hall–Kier alpha value is -3.28. The monoisotopic (exact) mass is 350 g/mol. The van der Waals surface area contributed by atoms with Crippen molar-refractivity contribution in [2.24, 2.45) is 5.73 Å². The highest BCUT2D eigenvalue weighted by Crippen LogP contribution is 2.22. The first-order valence-corrected chi connectivity index (χ1v) is 8.27. The number of benzene rings is 2. The fraction of sp³-hybridized carbons (Fsp3) is 0.150. The molecule has 1 heterocycles. The molecular formula is C20H19FN4O. The van der Waals surface area contributed by atoms with Crippen molar-refractivity contribution in [3.63, 3.8) is 0 Å². The van der Waals surface area contributed by atoms with Crippen molar-refractivity contribution in [2.75, 3.05) is 11.9 Å². The average Bonchev–Trinajstić information content (AvgIpc) is 2.67. The molecule has 0 saturated carbocycles. The zero-order valence-electron chi connectivity index (χ0n) is 14.3. The molecule has 132 valence electrons. The van der Waals surface area contributed by atoms with Gasteiger partial charge < -0.3 is 11.1 Å². The van der Waals surface area contributed by atoms with Crippen molar-refractivity contribution >= 4 is 11.7 Å². The Bertz CT molecular complexity index is 894. The van der Waals surface area contributed by atoms with E-state index in [-0.39, 0.29) is 11.7 Å². The van der Waals surface area contributed by atoms with Crippen LogP contribution in [0.1, 0.15) is 28.8 Å². The molecule has 0 fully saturated rings. The van der Waals surface area contributed by atoms with Gasteiger partial charge >= 0.3 is 0 Å². The number of nitrogens with two attached hydrogens (primary N) is 1. The van der Waals surface area contributed by atoms with Crippen molar-refractivity contribution in [2.45, 2.75) is 12.8 Å². The standard InChI is InChI=1S/C20H19FN4O/c1-13(14-6-8-15(21)9-7-14)12-23-19-11-10-18(24-25-19)16-4-2-3-5-17(16)20(22)26/h2-11,13H,12H2,1H3,(H2,22,26)(H,23,25). The number of nitrogens with zero attached hydrogens (tertiary/aromatic N) is 2. The van der Waals surface area contributed by atoms with Gasteiger partial charge in [-0.1, -0.05) is 37.3 Å². The molecule has 0 radical (unpaired) electrons. The SMILES string of the molecule is CC(CNc1ccc(-c2ccccc2C(N)=O)nn1)c1ccc(F)cc1. The number of carbonyl (C=O) groups excluding carboxylic acids is 1. The maximum atomic E-state index is 13.0. The van der Waals surface area contributed by atoms with Gasteiger partial charge in [0.2, 0.25) is 5.91 Å². The van der Waals surface area contributed by atoms with Crippen LogP contribution >= 0.6 is 0 Å². The lowest BCUT2D eigenvalue weighted by Gasteiger charge is -2.13. The maximum Gasteiger partial charge on any atom is 0.249 e. The molecule has 3 aromatic rings. The summed E-state index contributed by atoms with van der Waals surface area (Å²) in [5, 5.41) is 11.6. The van der Waals surface area contributed by atoms with Crippen molar-refractivity contribution < 1.29 is 9.18 Å². The normalized spacial score (nSPS) is 11.8. The summed E-state index contributed by atoms with van der Waals surface area (Å²) in [5.41, 5.74) is 8.09. The van der Waals surface area contributed by atoms with Crippen molar-refractivity contribution in [3.05, 3.63) is 77.6 Å². The van der Waals surface area contributed by atoms with E-state index in [1.54, 1.807) is 42.5 Å². The number of nitrogens with one attached hydrogen (secondary N) is 1. The number of rotatable bonds is 6. The van der Waals surface area contributed by atoms with Crippen LogP contribution in [0.15, 0.2) is 60.7 Å². The second kappa shape index (κ2) is 7.74. The Morgan fingerprint density at radius 3 is 2.46 bits per heavy atom. The fourth-order valence-corrected chi connectivity index (χ4v) is 2.66. The number of hydrogen-bond acceptors (Lipinski definition) is 4. The second-order valence-corrected chi connectivity index (χ2v) is 6.05. The molecule has 1 aromatic heterocycles. The van der Waals surface area contributed by atoms with Crippen LogP contribution in [0, 0.1) is 5.82 Å². The largest absolute Gasteiger partial charge is 0.368 e. The summed E-state index contributed by atoms with van der Waals surface area (Å²) in [4.78, 5) is 11.5. The molecule has 0 aliphatic heterocycles. The van der Waals surface area contributed by atoms with Crippen LogP contribution in [0.3, 0.4) is 0 Å². The molecule has 3 N–H and O–H groups in total. The van der Waals surface area contributed by atoms with Gasteiger partial charge in [0.1, 0.15) is 11.6 Å². The van der Waals surface area contributed by atoms with Crippen LogP contribution in [0.4, 0.5) is 10.2 Å². The lowest BCUT2D eigenvalue weighted by Crippen LogP contribution is -2.13. The Balaban J connectivity index is 1.68. The van der Waals surface area contributed by atoms with Crippen molar-refractivity contribution in [1.29, 1.82) is 0 Å². The lowest BCUT2D eigenvalue weighted by atomic mass is 10.0. The Labute approximate surface area is 151 Å². The zero-order valence-corrected chi connectivity index (χ0v) is 14.3. The predicted octanol–water partition coefficient (Wildman–Crippen LogP) is 3.60. The smallest absolute Gasteiger partial charge is 0.249 e. The van der Waals surface area contributed by atoms with Crippen LogP contribution < -0.4 is 11.1 Å². The minimum atomic E-state index is -0.502. The van der Waals surface area contributed by atoms with Gasteiger partial charge in [-0.2, -0.15) is 0 Å². The highest BCUT2D eigenvalue weighted by Gasteiger charge is 2.11. The summed E-state index contributed by atoms with van der Waals surface area (Å²) in [6.07, 6.45) is 0. The van der Waals surface area contributed by atoms with E-state index in [1.807, 2.05) is 13.0 Å². The van der Waals surface area contributed by atoms with E-state index < -0.39 is 5.91 Å². The van der Waals surface area contributed by atoms with E-state index in [2.05, 4.69) is 15.5 Å². The summed E-state index contributed by atoms with van der Waals surface area (Å²) < 4.78 is 13.0. The van der Waals surface area contributed by atoms with E-state index in [9.17, 15) is 9.18 Å². The van der Waals surface area contributed by atoms with Gasteiger partial charge in [0.25, 0.3) is 0 Å². The van der Waals surface area contributed by atoms with E-state index >= 15 is 0 Å². The molecule has 1 unspecified atom stereocenters. The van der Waals surface area contributed by atoms with Gasteiger partial charge in [0.05, 0.1) is 5.69 Å². The predicted molar refractivity (Wildman–Crippen MR) is 99.3 cm³/mol. The van der Waals surface area contributed by atoms with Gasteiger partial charge in [0, 0.05) is 17.7 Å². The second-order valence-electron chi connectivity index (χ2n) is 6.05. The van der Waals surface area contributed by atoms with Gasteiger partial charge in [-0.3, -0.25) is 4.79 Å². The molecule has 1 atom stereocenters. The van der Waals surface area contributed by atoms with Crippen LogP contribution in [-0.2, 0) is 0 Å². The van der Waals surface area contributed by atoms with Crippen LogP contribution in [0.2, 0.25) is 0 Å². The summed E-state index contributed by atoms with van der Waals surface area (Å²) in [6, 6.07) is 17.1. The first-order chi connectivity index (χ1) is 12.5. The summed E-state index contributed by atoms with van der Waals surface area (Å²) in [6.45, 7) is 2.68. The number of aromatic nitrogens is 2. The molecule has 0 aliphatic carbocycles. The molecule has 0 saturated heterocycles. The topological polar surface area (TPSA) is 80.9 Å². The third kappa shape index (κ3) is 4.03. The van der Waals surface area contributed by atoms with E-state index in [0.717, 1.165) is 5.56 Å². The first-order valence-electron chi connectivity index (χ1n) is 8.27. The van der Waals surface area contributed by atoms with Gasteiger partial charge in [-0.25, -0.2) is 4.39 Å². The summed E-state index contributed by atoms with van der Waals surface area (Å²) in [5.74, 6) is 0.0660. The maximum absolute atomic E-state index is 13.0. The Morgan fingerprint density at radius 2 is 1.81 bits per heavy atom. The molecule has 6 heteroatoms. The fourth-order valence-electron chi connectivity index (χ4n) is 2.66. The quantitative estimate of drug-likeness (QED) is 0.712. The third-order valence-electron chi connectivity index (χ3n) is 4.16. The highest BCUT2D eigenvalue weighted by molar-refractivity contribution is 5.99. The van der Waals surface area contributed by atoms with Crippen LogP contribution in [0.5, 0.6) is 0 Å². The molecule has 3 rings (SSSR count). The number of primary amides is 1. The summed E-state index contributed by atoms with van der Waals surface area (Å²) in [7, 11) is 0.